The van der Waals surface area contributed by atoms with Gasteiger partial charge in [-0.3, -0.25) is 14.9 Å². The van der Waals surface area contributed by atoms with Gasteiger partial charge in [0.2, 0.25) is 0 Å². The van der Waals surface area contributed by atoms with Crippen molar-refractivity contribution in [2.75, 3.05) is 0 Å². The molecule has 2 aromatic rings. The molecule has 1 saturated heterocycles. The lowest BCUT2D eigenvalue weighted by Crippen LogP contribution is -2.57. The number of nitrogens with zero attached hydrogens (tertiary/aromatic N) is 1. The smallest absolute Gasteiger partial charge is 0.454 e. The number of carbonyl (C=O) groups is 2. The summed E-state index contributed by atoms with van der Waals surface area (Å²) in [5, 5.41) is 12.7. The molecule has 1 aliphatic heterocycles. The van der Waals surface area contributed by atoms with Crippen molar-refractivity contribution < 1.29 is 37.2 Å². The van der Waals surface area contributed by atoms with E-state index >= 15 is 0 Å². The van der Waals surface area contributed by atoms with Crippen LogP contribution in [0.15, 0.2) is 59.5 Å². The third-order valence-electron chi connectivity index (χ3n) is 4.81. The predicted octanol–water partition coefficient (Wildman–Crippen LogP) is 4.09. The Labute approximate surface area is 190 Å². The van der Waals surface area contributed by atoms with Crippen molar-refractivity contribution in [1.82, 2.24) is 5.32 Å². The van der Waals surface area contributed by atoms with Crippen molar-refractivity contribution in [2.24, 2.45) is 0 Å². The van der Waals surface area contributed by atoms with Crippen molar-refractivity contribution >= 4 is 29.3 Å². The number of alkyl halides is 3. The number of ether oxygens (including phenoxy) is 2. The zero-order valence-corrected chi connectivity index (χ0v) is 18.0. The molecular formula is C21H19F3N2O6S. The van der Waals surface area contributed by atoms with Crippen LogP contribution in [0.4, 0.5) is 18.9 Å². The number of benzene rings is 2. The van der Waals surface area contributed by atoms with Crippen LogP contribution >= 0.6 is 11.8 Å². The molecule has 0 spiro atoms. The van der Waals surface area contributed by atoms with Gasteiger partial charge in [-0.1, -0.05) is 30.0 Å². The maximum atomic E-state index is 12.9. The second-order valence-corrected chi connectivity index (χ2v) is 8.42. The van der Waals surface area contributed by atoms with E-state index in [1.54, 1.807) is 12.1 Å². The van der Waals surface area contributed by atoms with E-state index in [0.29, 0.717) is 0 Å². The molecule has 1 N–H and O–H groups in total. The minimum atomic E-state index is -5.11. The summed E-state index contributed by atoms with van der Waals surface area (Å²) in [5.41, 5.74) is -0.873. The van der Waals surface area contributed by atoms with Crippen molar-refractivity contribution in [1.29, 1.82) is 0 Å². The highest BCUT2D eigenvalue weighted by Gasteiger charge is 2.45. The maximum Gasteiger partial charge on any atom is 0.471 e. The fourth-order valence-corrected chi connectivity index (χ4v) is 4.40. The van der Waals surface area contributed by atoms with E-state index in [1.165, 1.54) is 30.8 Å². The first kappa shape index (κ1) is 24.5. The number of hydrogen-bond donors (Lipinski definition) is 1. The fraction of sp³-hybridized carbons (Fsp3) is 0.333. The molecule has 3 rings (SSSR count). The highest BCUT2D eigenvalue weighted by molar-refractivity contribution is 7.99. The van der Waals surface area contributed by atoms with E-state index in [9.17, 15) is 32.9 Å². The van der Waals surface area contributed by atoms with Gasteiger partial charge in [-0.2, -0.15) is 13.2 Å². The van der Waals surface area contributed by atoms with Gasteiger partial charge in [-0.05, 0) is 31.2 Å². The number of rotatable bonds is 6. The molecule has 0 aromatic heterocycles. The van der Waals surface area contributed by atoms with Gasteiger partial charge in [-0.15, -0.1) is 0 Å². The number of non-ortho nitro benzene ring substituents is 1. The van der Waals surface area contributed by atoms with Crippen LogP contribution in [0, 0.1) is 10.1 Å². The van der Waals surface area contributed by atoms with Crippen LogP contribution < -0.4 is 5.32 Å². The standard InChI is InChI=1S/C21H19F3N2O6S/c1-12-18(32-19(27)13-7-9-14(10-8-13)26(29)30)16(25-20(28)21(22,23)24)11-17(31-12)33-15-5-3-2-4-6-15/h2-10,12,16-18H,11H2,1H3,(H,25,28)/t12-,16-,17?,18+/m0/s1. The van der Waals surface area contributed by atoms with E-state index in [1.807, 2.05) is 23.5 Å². The minimum absolute atomic E-state index is 0.0329. The van der Waals surface area contributed by atoms with Crippen molar-refractivity contribution in [3.05, 3.63) is 70.3 Å². The van der Waals surface area contributed by atoms with Crippen LogP contribution in [0.5, 0.6) is 0 Å². The molecule has 0 bridgehead atoms. The number of carbonyl (C=O) groups excluding carboxylic acids is 2. The number of nitro benzene ring substituents is 1. The van der Waals surface area contributed by atoms with Gasteiger partial charge in [0.1, 0.15) is 11.5 Å². The number of thioether (sulfide) groups is 1. The molecule has 1 aliphatic rings. The molecular weight excluding hydrogens is 465 g/mol. The average molecular weight is 484 g/mol. The number of nitro groups is 1. The zero-order chi connectivity index (χ0) is 24.2. The summed E-state index contributed by atoms with van der Waals surface area (Å²) in [4.78, 5) is 35.1. The third-order valence-corrected chi connectivity index (χ3v) is 5.92. The Bertz CT molecular complexity index is 1000. The summed E-state index contributed by atoms with van der Waals surface area (Å²) in [5.74, 6) is -3.06. The monoisotopic (exact) mass is 484 g/mol. The van der Waals surface area contributed by atoms with E-state index in [4.69, 9.17) is 9.47 Å². The first-order chi connectivity index (χ1) is 15.5. The molecule has 2 aromatic carbocycles. The Morgan fingerprint density at radius 3 is 2.36 bits per heavy atom. The van der Waals surface area contributed by atoms with Crippen LogP contribution in [0.1, 0.15) is 23.7 Å². The first-order valence-corrected chi connectivity index (χ1v) is 10.6. The number of hydrogen-bond acceptors (Lipinski definition) is 7. The lowest BCUT2D eigenvalue weighted by Gasteiger charge is -2.40. The molecule has 0 aliphatic carbocycles. The van der Waals surface area contributed by atoms with E-state index in [0.717, 1.165) is 17.0 Å². The summed E-state index contributed by atoms with van der Waals surface area (Å²) in [6, 6.07) is 12.4. The number of esters is 1. The van der Waals surface area contributed by atoms with E-state index in [2.05, 4.69) is 0 Å². The lowest BCUT2D eigenvalue weighted by molar-refractivity contribution is -0.384. The SMILES string of the molecule is C[C@@H]1OC(Sc2ccccc2)C[C@H](NC(=O)C(F)(F)F)[C@@H]1OC(=O)c1ccc([N+](=O)[O-])cc1. The van der Waals surface area contributed by atoms with Gasteiger partial charge in [0.05, 0.1) is 22.6 Å². The molecule has 4 atom stereocenters. The van der Waals surface area contributed by atoms with E-state index < -0.39 is 46.7 Å². The zero-order valence-electron chi connectivity index (χ0n) is 17.2. The summed E-state index contributed by atoms with van der Waals surface area (Å²) in [7, 11) is 0. The van der Waals surface area contributed by atoms with Crippen LogP contribution in [0.25, 0.3) is 0 Å². The second-order valence-electron chi connectivity index (χ2n) is 7.19. The van der Waals surface area contributed by atoms with Gasteiger partial charge < -0.3 is 14.8 Å². The quantitative estimate of drug-likeness (QED) is 0.374. The Morgan fingerprint density at radius 2 is 1.79 bits per heavy atom. The summed E-state index contributed by atoms with van der Waals surface area (Å²) in [6.45, 7) is 1.53. The fourth-order valence-electron chi connectivity index (χ4n) is 3.25. The van der Waals surface area contributed by atoms with Crippen molar-refractivity contribution in [3.63, 3.8) is 0 Å². The van der Waals surface area contributed by atoms with E-state index in [-0.39, 0.29) is 17.7 Å². The lowest BCUT2D eigenvalue weighted by atomic mass is 9.99. The van der Waals surface area contributed by atoms with Gasteiger partial charge in [0, 0.05) is 23.4 Å². The van der Waals surface area contributed by atoms with Gasteiger partial charge in [0.25, 0.3) is 5.69 Å². The van der Waals surface area contributed by atoms with Crippen molar-refractivity contribution in [2.45, 2.75) is 48.1 Å². The van der Waals surface area contributed by atoms with Crippen LogP contribution in [0.2, 0.25) is 0 Å². The third kappa shape index (κ3) is 6.45. The van der Waals surface area contributed by atoms with Crippen LogP contribution in [-0.4, -0.2) is 46.7 Å². The molecule has 0 saturated carbocycles. The van der Waals surface area contributed by atoms with Crippen LogP contribution in [0.3, 0.4) is 0 Å². The minimum Gasteiger partial charge on any atom is -0.454 e. The first-order valence-electron chi connectivity index (χ1n) is 9.75. The Balaban J connectivity index is 1.77. The molecule has 12 heteroatoms. The normalized spacial score (nSPS) is 22.9. The summed E-state index contributed by atoms with van der Waals surface area (Å²) >= 11 is 1.27. The Morgan fingerprint density at radius 1 is 1.15 bits per heavy atom. The van der Waals surface area contributed by atoms with Gasteiger partial charge >= 0.3 is 18.1 Å². The maximum absolute atomic E-state index is 12.9. The second kappa shape index (κ2) is 10.2. The highest BCUT2D eigenvalue weighted by atomic mass is 32.2. The van der Waals surface area contributed by atoms with Crippen LogP contribution in [-0.2, 0) is 14.3 Å². The molecule has 1 fully saturated rings. The molecule has 8 nitrogen and oxygen atoms in total. The average Bonchev–Trinajstić information content (AvgIpc) is 2.76. The molecule has 33 heavy (non-hydrogen) atoms. The summed E-state index contributed by atoms with van der Waals surface area (Å²) < 4.78 is 49.9. The van der Waals surface area contributed by atoms with Gasteiger partial charge in [0.15, 0.2) is 0 Å². The topological polar surface area (TPSA) is 108 Å². The van der Waals surface area contributed by atoms with Crippen molar-refractivity contribution in [3.8, 4) is 0 Å². The molecule has 176 valence electrons. The Hall–Kier alpha value is -3.12. The largest absolute Gasteiger partial charge is 0.471 e. The molecule has 1 unspecified atom stereocenters. The van der Waals surface area contributed by atoms with Gasteiger partial charge in [-0.25, -0.2) is 4.79 Å². The highest BCUT2D eigenvalue weighted by Crippen LogP contribution is 2.34. The number of nitrogens with one attached hydrogen (secondary N) is 1. The molecule has 0 radical (unpaired) electrons. The molecule has 1 heterocycles. The predicted molar refractivity (Wildman–Crippen MR) is 112 cm³/mol. The number of halogens is 3. The summed E-state index contributed by atoms with van der Waals surface area (Å²) in [6.07, 6.45) is -7.23. The molecule has 1 amide bonds. The number of amides is 1. The Kier molecular flexibility index (Phi) is 7.59.